The average Bonchev–Trinajstić information content (AvgIpc) is 2.42. The van der Waals surface area contributed by atoms with Gasteiger partial charge in [-0.3, -0.25) is 4.72 Å². The van der Waals surface area contributed by atoms with Crippen LogP contribution < -0.4 is 4.72 Å². The van der Waals surface area contributed by atoms with Crippen LogP contribution in [0, 0.1) is 6.92 Å². The van der Waals surface area contributed by atoms with Crippen LogP contribution in [0.2, 0.25) is 5.02 Å². The molecule has 0 atom stereocenters. The summed E-state index contributed by atoms with van der Waals surface area (Å²) in [7, 11) is -4.07. The highest BCUT2D eigenvalue weighted by Crippen LogP contribution is 2.31. The number of benzene rings is 2. The van der Waals surface area contributed by atoms with Crippen molar-refractivity contribution in [2.24, 2.45) is 0 Å². The van der Waals surface area contributed by atoms with Crippen molar-refractivity contribution >= 4 is 33.3 Å². The quantitative estimate of drug-likeness (QED) is 0.742. The zero-order valence-electron chi connectivity index (χ0n) is 11.4. The molecule has 6 nitrogen and oxygen atoms in total. The van der Waals surface area contributed by atoms with Crippen molar-refractivity contribution in [1.82, 2.24) is 0 Å². The van der Waals surface area contributed by atoms with Crippen LogP contribution >= 0.6 is 11.6 Å². The number of para-hydroxylation sites is 1. The molecule has 0 aliphatic heterocycles. The van der Waals surface area contributed by atoms with E-state index >= 15 is 0 Å². The van der Waals surface area contributed by atoms with Crippen molar-refractivity contribution in [3.05, 3.63) is 52.5 Å². The van der Waals surface area contributed by atoms with Gasteiger partial charge in [0, 0.05) is 0 Å². The van der Waals surface area contributed by atoms with Gasteiger partial charge in [-0.05, 0) is 36.8 Å². The maximum atomic E-state index is 12.4. The van der Waals surface area contributed by atoms with E-state index in [-0.39, 0.29) is 26.9 Å². The molecule has 2 aromatic rings. The monoisotopic (exact) mass is 341 g/mol. The summed E-state index contributed by atoms with van der Waals surface area (Å²) in [5, 5.41) is 18.4. The number of anilines is 1. The number of halogens is 1. The summed E-state index contributed by atoms with van der Waals surface area (Å²) in [6.45, 7) is 1.63. The third-order valence-corrected chi connectivity index (χ3v) is 4.79. The van der Waals surface area contributed by atoms with Crippen LogP contribution in [0.4, 0.5) is 5.69 Å². The maximum absolute atomic E-state index is 12.4. The summed E-state index contributed by atoms with van der Waals surface area (Å²) in [5.74, 6) is -1.43. The van der Waals surface area contributed by atoms with E-state index in [1.165, 1.54) is 6.07 Å². The molecule has 0 saturated carbocycles. The number of aromatic hydroxyl groups is 1. The van der Waals surface area contributed by atoms with E-state index in [0.717, 1.165) is 18.2 Å². The minimum absolute atomic E-state index is 0.0425. The molecule has 0 bridgehead atoms. The molecule has 8 heteroatoms. The number of carboxylic acid groups (broad SMARTS) is 1. The molecular formula is C14H12ClNO5S. The van der Waals surface area contributed by atoms with Crippen molar-refractivity contribution in [3.8, 4) is 5.75 Å². The lowest BCUT2D eigenvalue weighted by Crippen LogP contribution is -2.15. The molecule has 0 aliphatic carbocycles. The van der Waals surface area contributed by atoms with Crippen LogP contribution in [0.1, 0.15) is 15.9 Å². The van der Waals surface area contributed by atoms with Gasteiger partial charge in [-0.15, -0.1) is 0 Å². The van der Waals surface area contributed by atoms with Gasteiger partial charge in [-0.2, -0.15) is 0 Å². The van der Waals surface area contributed by atoms with Crippen molar-refractivity contribution in [2.75, 3.05) is 4.72 Å². The van der Waals surface area contributed by atoms with Crippen LogP contribution in [0.15, 0.2) is 41.3 Å². The highest BCUT2D eigenvalue weighted by molar-refractivity contribution is 7.92. The van der Waals surface area contributed by atoms with E-state index in [2.05, 4.69) is 4.72 Å². The fourth-order valence-corrected chi connectivity index (χ4v) is 3.52. The molecule has 2 rings (SSSR count). The average molecular weight is 342 g/mol. The van der Waals surface area contributed by atoms with Crippen molar-refractivity contribution in [1.29, 1.82) is 0 Å². The van der Waals surface area contributed by atoms with Crippen LogP contribution in [-0.4, -0.2) is 24.6 Å². The molecule has 2 aromatic carbocycles. The first-order chi connectivity index (χ1) is 10.2. The van der Waals surface area contributed by atoms with Crippen LogP contribution in [0.25, 0.3) is 0 Å². The van der Waals surface area contributed by atoms with Gasteiger partial charge in [0.25, 0.3) is 10.0 Å². The number of rotatable bonds is 4. The van der Waals surface area contributed by atoms with E-state index in [1.54, 1.807) is 19.1 Å². The maximum Gasteiger partial charge on any atom is 0.335 e. The molecule has 3 N–H and O–H groups in total. The predicted molar refractivity (Wildman–Crippen MR) is 82.1 cm³/mol. The lowest BCUT2D eigenvalue weighted by molar-refractivity contribution is 0.0696. The zero-order valence-corrected chi connectivity index (χ0v) is 12.9. The summed E-state index contributed by atoms with van der Waals surface area (Å²) < 4.78 is 27.0. The van der Waals surface area contributed by atoms with Gasteiger partial charge in [0.15, 0.2) is 0 Å². The zero-order chi connectivity index (χ0) is 16.5. The second kappa shape index (κ2) is 5.86. The predicted octanol–water partition coefficient (Wildman–Crippen LogP) is 2.85. The van der Waals surface area contributed by atoms with E-state index in [4.69, 9.17) is 16.7 Å². The Kier molecular flexibility index (Phi) is 4.30. The van der Waals surface area contributed by atoms with Gasteiger partial charge >= 0.3 is 5.97 Å². The summed E-state index contributed by atoms with van der Waals surface area (Å²) in [6, 6.07) is 7.85. The summed E-state index contributed by atoms with van der Waals surface area (Å²) in [5.41, 5.74) is 0.449. The normalized spacial score (nSPS) is 11.2. The molecule has 0 spiro atoms. The molecule has 0 aliphatic rings. The molecule has 0 heterocycles. The first-order valence-electron chi connectivity index (χ1n) is 6.06. The third kappa shape index (κ3) is 3.15. The smallest absolute Gasteiger partial charge is 0.335 e. The van der Waals surface area contributed by atoms with Gasteiger partial charge in [0.1, 0.15) is 10.6 Å². The topological polar surface area (TPSA) is 104 Å². The van der Waals surface area contributed by atoms with Gasteiger partial charge in [-0.25, -0.2) is 13.2 Å². The number of carboxylic acids is 1. The van der Waals surface area contributed by atoms with Crippen LogP contribution in [0.5, 0.6) is 5.75 Å². The highest BCUT2D eigenvalue weighted by atomic mass is 35.5. The Balaban J connectivity index is 2.45. The molecule has 116 valence electrons. The first-order valence-corrected chi connectivity index (χ1v) is 7.93. The third-order valence-electron chi connectivity index (χ3n) is 2.96. The number of hydrogen-bond acceptors (Lipinski definition) is 4. The Morgan fingerprint density at radius 2 is 1.91 bits per heavy atom. The lowest BCUT2D eigenvalue weighted by Gasteiger charge is -2.13. The molecular weight excluding hydrogens is 330 g/mol. The second-order valence-electron chi connectivity index (χ2n) is 4.52. The van der Waals surface area contributed by atoms with E-state index in [0.29, 0.717) is 5.56 Å². The lowest BCUT2D eigenvalue weighted by atomic mass is 10.2. The number of hydrogen-bond donors (Lipinski definition) is 3. The van der Waals surface area contributed by atoms with Crippen molar-refractivity contribution in [3.63, 3.8) is 0 Å². The minimum atomic E-state index is -4.07. The number of aryl methyl sites for hydroxylation is 1. The Morgan fingerprint density at radius 1 is 1.23 bits per heavy atom. The molecule has 22 heavy (non-hydrogen) atoms. The Bertz CT molecular complexity index is 828. The number of sulfonamides is 1. The van der Waals surface area contributed by atoms with E-state index < -0.39 is 16.0 Å². The van der Waals surface area contributed by atoms with Gasteiger partial charge < -0.3 is 10.2 Å². The van der Waals surface area contributed by atoms with Crippen LogP contribution in [-0.2, 0) is 10.0 Å². The van der Waals surface area contributed by atoms with Gasteiger partial charge in [0.05, 0.1) is 16.3 Å². The molecule has 0 amide bonds. The molecule has 0 radical (unpaired) electrons. The fourth-order valence-electron chi connectivity index (χ4n) is 1.83. The van der Waals surface area contributed by atoms with E-state index in [9.17, 15) is 18.3 Å². The summed E-state index contributed by atoms with van der Waals surface area (Å²) in [6.07, 6.45) is 0. The van der Waals surface area contributed by atoms with Crippen molar-refractivity contribution in [2.45, 2.75) is 11.8 Å². The Hall–Kier alpha value is -2.25. The largest absolute Gasteiger partial charge is 0.506 e. The number of carbonyl (C=O) groups is 1. The van der Waals surface area contributed by atoms with E-state index in [1.807, 2.05) is 0 Å². The number of phenolic OH excluding ortho intramolecular Hbond substituents is 1. The number of nitrogens with one attached hydrogen (secondary N) is 1. The summed E-state index contributed by atoms with van der Waals surface area (Å²) >= 11 is 5.86. The fraction of sp³-hybridized carbons (Fsp3) is 0.0714. The van der Waals surface area contributed by atoms with Crippen molar-refractivity contribution < 1.29 is 23.4 Å². The van der Waals surface area contributed by atoms with Gasteiger partial charge in [0.2, 0.25) is 0 Å². The van der Waals surface area contributed by atoms with Crippen LogP contribution in [0.3, 0.4) is 0 Å². The molecule has 0 fully saturated rings. The van der Waals surface area contributed by atoms with Gasteiger partial charge in [-0.1, -0.05) is 23.7 Å². The number of aromatic carboxylic acids is 1. The summed E-state index contributed by atoms with van der Waals surface area (Å²) in [4.78, 5) is 10.6. The Labute approximate surface area is 132 Å². The molecule has 0 unspecified atom stereocenters. The second-order valence-corrected chi connectivity index (χ2v) is 6.58. The minimum Gasteiger partial charge on any atom is -0.506 e. The molecule has 0 saturated heterocycles. The molecule has 0 aromatic heterocycles. The first kappa shape index (κ1) is 16.1. The SMILES string of the molecule is Cc1cccc(O)c1NS(=O)(=O)c1ccc(C(=O)O)cc1Cl. The standard InChI is InChI=1S/C14H12ClNO5S/c1-8-3-2-4-11(17)13(8)16-22(20,21)12-6-5-9(14(18)19)7-10(12)15/h2-7,16-17H,1H3,(H,18,19). The number of phenols is 1. The highest BCUT2D eigenvalue weighted by Gasteiger charge is 2.21. The Morgan fingerprint density at radius 3 is 2.45 bits per heavy atom.